The van der Waals surface area contributed by atoms with Crippen molar-refractivity contribution in [3.8, 4) is 0 Å². The Morgan fingerprint density at radius 3 is 2.86 bits per heavy atom. The lowest BCUT2D eigenvalue weighted by molar-refractivity contribution is -0.0499. The average Bonchev–Trinajstić information content (AvgIpc) is 3.23. The number of ether oxygens (including phenoxy) is 2. The number of rotatable bonds is 4. The van der Waals surface area contributed by atoms with E-state index < -0.39 is 24.4 Å². The van der Waals surface area contributed by atoms with Gasteiger partial charge < -0.3 is 19.1 Å². The quantitative estimate of drug-likeness (QED) is 0.466. The van der Waals surface area contributed by atoms with Crippen molar-refractivity contribution >= 4 is 44.5 Å². The molecule has 3 aromatic rings. The van der Waals surface area contributed by atoms with Crippen LogP contribution in [0.4, 0.5) is 0 Å². The van der Waals surface area contributed by atoms with Gasteiger partial charge in [-0.1, -0.05) is 29.3 Å². The summed E-state index contributed by atoms with van der Waals surface area (Å²) in [5.41, 5.74) is 2.11. The summed E-state index contributed by atoms with van der Waals surface area (Å²) in [6.45, 7) is 1.68. The first-order chi connectivity index (χ1) is 13.5. The highest BCUT2D eigenvalue weighted by molar-refractivity contribution is 9.10. The molecule has 1 aromatic carbocycles. The van der Waals surface area contributed by atoms with Crippen LogP contribution in [0.3, 0.4) is 0 Å². The van der Waals surface area contributed by atoms with Gasteiger partial charge in [-0.2, -0.15) is 0 Å². The van der Waals surface area contributed by atoms with E-state index in [0.29, 0.717) is 28.2 Å². The maximum absolute atomic E-state index is 12.5. The molecule has 1 aliphatic heterocycles. The lowest BCUT2D eigenvalue weighted by atomic mass is 10.1. The van der Waals surface area contributed by atoms with E-state index in [1.165, 1.54) is 6.33 Å². The molecule has 2 aromatic heterocycles. The molecule has 7 nitrogen and oxygen atoms in total. The zero-order valence-corrected chi connectivity index (χ0v) is 17.2. The predicted molar refractivity (Wildman–Crippen MR) is 106 cm³/mol. The number of benzene rings is 1. The van der Waals surface area contributed by atoms with Gasteiger partial charge in [0, 0.05) is 17.1 Å². The Balaban J connectivity index is 1.57. The van der Waals surface area contributed by atoms with E-state index in [2.05, 4.69) is 25.9 Å². The van der Waals surface area contributed by atoms with Gasteiger partial charge in [-0.3, -0.25) is 0 Å². The van der Waals surface area contributed by atoms with Crippen LogP contribution in [0.15, 0.2) is 41.3 Å². The maximum Gasteiger partial charge on any atom is 0.338 e. The number of esters is 1. The first kappa shape index (κ1) is 19.3. The molecule has 28 heavy (non-hydrogen) atoms. The number of halogens is 2. The highest BCUT2D eigenvalue weighted by Gasteiger charge is 2.39. The molecule has 146 valence electrons. The number of hydrogen-bond acceptors (Lipinski definition) is 6. The number of aromatic nitrogens is 3. The topological polar surface area (TPSA) is 86.5 Å². The smallest absolute Gasteiger partial charge is 0.338 e. The summed E-state index contributed by atoms with van der Waals surface area (Å²) in [6.07, 6.45) is 1.87. The summed E-state index contributed by atoms with van der Waals surface area (Å²) in [4.78, 5) is 20.7. The van der Waals surface area contributed by atoms with Crippen LogP contribution in [-0.4, -0.2) is 44.4 Å². The van der Waals surface area contributed by atoms with Crippen molar-refractivity contribution in [2.45, 2.75) is 31.8 Å². The number of nitrogens with zero attached hydrogens (tertiary/aromatic N) is 3. The molecule has 0 aliphatic carbocycles. The fraction of sp³-hybridized carbons (Fsp3) is 0.316. The van der Waals surface area contributed by atoms with Gasteiger partial charge in [0.25, 0.3) is 0 Å². The lowest BCUT2D eigenvalue weighted by Crippen LogP contribution is -2.30. The number of hydrogen-bond donors (Lipinski definition) is 1. The molecule has 0 amide bonds. The minimum atomic E-state index is -0.632. The standard InChI is InChI=1S/C19H17BrClN3O4/c1-10-2-4-11(5-3-10)19(26)28-13-6-15(27-14(13)8-25)24-7-12(20)16-17(21)22-9-23-18(16)24/h2-5,7,9,13-15,25H,6,8H2,1H3/t13-,14+,15+/m0/s1. The number of aliphatic hydroxyl groups is 1. The van der Waals surface area contributed by atoms with Crippen molar-refractivity contribution in [2.75, 3.05) is 6.61 Å². The Hall–Kier alpha value is -2.00. The third-order valence-electron chi connectivity index (χ3n) is 4.73. The molecular weight excluding hydrogens is 450 g/mol. The minimum absolute atomic E-state index is 0.265. The maximum atomic E-state index is 12.5. The van der Waals surface area contributed by atoms with Gasteiger partial charge in [0.15, 0.2) is 0 Å². The lowest BCUT2D eigenvalue weighted by Gasteiger charge is -2.16. The van der Waals surface area contributed by atoms with Crippen molar-refractivity contribution in [1.82, 2.24) is 14.5 Å². The second kappa shape index (κ2) is 7.79. The van der Waals surface area contributed by atoms with Gasteiger partial charge in [0.1, 0.15) is 35.6 Å². The number of carbonyl (C=O) groups excluding carboxylic acids is 1. The number of aryl methyl sites for hydroxylation is 1. The molecule has 0 radical (unpaired) electrons. The van der Waals surface area contributed by atoms with Crippen molar-refractivity contribution in [3.63, 3.8) is 0 Å². The SMILES string of the molecule is Cc1ccc(C(=O)O[C@H]2C[C@H](n3cc(Br)c4c(Cl)ncnc43)O[C@@H]2CO)cc1. The summed E-state index contributed by atoms with van der Waals surface area (Å²) >= 11 is 9.63. The first-order valence-corrected chi connectivity index (χ1v) is 9.85. The van der Waals surface area contributed by atoms with Crippen LogP contribution in [0.1, 0.15) is 28.6 Å². The molecule has 3 atom stereocenters. The normalized spacial score (nSPS) is 21.9. The van der Waals surface area contributed by atoms with Crippen molar-refractivity contribution in [1.29, 1.82) is 0 Å². The second-order valence-corrected chi connectivity index (χ2v) is 7.82. The first-order valence-electron chi connectivity index (χ1n) is 8.68. The van der Waals surface area contributed by atoms with E-state index in [1.54, 1.807) is 22.9 Å². The van der Waals surface area contributed by atoms with E-state index in [1.807, 2.05) is 19.1 Å². The summed E-state index contributed by atoms with van der Waals surface area (Å²) in [7, 11) is 0. The molecule has 1 fully saturated rings. The second-order valence-electron chi connectivity index (χ2n) is 6.60. The molecule has 9 heteroatoms. The fourth-order valence-corrected chi connectivity index (χ4v) is 4.21. The van der Waals surface area contributed by atoms with Gasteiger partial charge in [-0.05, 0) is 35.0 Å². The Kier molecular flexibility index (Phi) is 5.37. The number of fused-ring (bicyclic) bond motifs is 1. The summed E-state index contributed by atoms with van der Waals surface area (Å²) in [6, 6.07) is 7.13. The Labute approximate surface area is 174 Å². The molecular formula is C19H17BrClN3O4. The molecule has 1 N–H and O–H groups in total. The van der Waals surface area contributed by atoms with E-state index in [4.69, 9.17) is 21.1 Å². The Morgan fingerprint density at radius 1 is 1.39 bits per heavy atom. The van der Waals surface area contributed by atoms with Crippen molar-refractivity contribution < 1.29 is 19.4 Å². The van der Waals surface area contributed by atoms with Gasteiger partial charge in [-0.25, -0.2) is 14.8 Å². The molecule has 3 heterocycles. The predicted octanol–water partition coefficient (Wildman–Crippen LogP) is 3.66. The molecule has 1 saturated heterocycles. The average molecular weight is 467 g/mol. The van der Waals surface area contributed by atoms with E-state index in [-0.39, 0.29) is 6.61 Å². The molecule has 4 rings (SSSR count). The monoisotopic (exact) mass is 465 g/mol. The minimum Gasteiger partial charge on any atom is -0.456 e. The van der Waals surface area contributed by atoms with Crippen LogP contribution in [0.25, 0.3) is 11.0 Å². The van der Waals surface area contributed by atoms with Crippen LogP contribution in [0.2, 0.25) is 5.15 Å². The number of aliphatic hydroxyl groups excluding tert-OH is 1. The molecule has 0 unspecified atom stereocenters. The van der Waals surface area contributed by atoms with Crippen LogP contribution in [0.5, 0.6) is 0 Å². The van der Waals surface area contributed by atoms with E-state index in [0.717, 1.165) is 10.0 Å². The molecule has 0 saturated carbocycles. The highest BCUT2D eigenvalue weighted by Crippen LogP contribution is 2.37. The van der Waals surface area contributed by atoms with Crippen LogP contribution < -0.4 is 0 Å². The zero-order chi connectivity index (χ0) is 19.8. The largest absolute Gasteiger partial charge is 0.456 e. The van der Waals surface area contributed by atoms with E-state index >= 15 is 0 Å². The van der Waals surface area contributed by atoms with Crippen LogP contribution >= 0.6 is 27.5 Å². The highest BCUT2D eigenvalue weighted by atomic mass is 79.9. The third kappa shape index (κ3) is 3.53. The number of carbonyl (C=O) groups is 1. The molecule has 0 bridgehead atoms. The van der Waals surface area contributed by atoms with Crippen molar-refractivity contribution in [3.05, 3.63) is 57.5 Å². The summed E-state index contributed by atoms with van der Waals surface area (Å²) < 4.78 is 14.1. The Bertz CT molecular complexity index is 1020. The fourth-order valence-electron chi connectivity index (χ4n) is 3.28. The van der Waals surface area contributed by atoms with Gasteiger partial charge in [-0.15, -0.1) is 0 Å². The zero-order valence-electron chi connectivity index (χ0n) is 14.9. The van der Waals surface area contributed by atoms with Crippen LogP contribution in [-0.2, 0) is 9.47 Å². The summed E-state index contributed by atoms with van der Waals surface area (Å²) in [5, 5.41) is 10.7. The van der Waals surface area contributed by atoms with Gasteiger partial charge in [0.05, 0.1) is 17.6 Å². The van der Waals surface area contributed by atoms with Gasteiger partial charge in [0.2, 0.25) is 0 Å². The third-order valence-corrected chi connectivity index (χ3v) is 5.62. The summed E-state index contributed by atoms with van der Waals surface area (Å²) in [5.74, 6) is -0.448. The molecule has 0 spiro atoms. The van der Waals surface area contributed by atoms with Crippen molar-refractivity contribution in [2.24, 2.45) is 0 Å². The van der Waals surface area contributed by atoms with E-state index in [9.17, 15) is 9.90 Å². The van der Waals surface area contributed by atoms with Gasteiger partial charge >= 0.3 is 5.97 Å². The Morgan fingerprint density at radius 2 is 2.14 bits per heavy atom. The molecule has 1 aliphatic rings. The van der Waals surface area contributed by atoms with Crippen LogP contribution in [0, 0.1) is 6.92 Å².